The summed E-state index contributed by atoms with van der Waals surface area (Å²) in [5, 5.41) is 1.32. The fourth-order valence-electron chi connectivity index (χ4n) is 1.76. The molecule has 0 aliphatic heterocycles. The van der Waals surface area contributed by atoms with Crippen LogP contribution in [0.25, 0.3) is 0 Å². The fourth-order valence-corrected chi connectivity index (χ4v) is 8.56. The highest BCUT2D eigenvalue weighted by Gasteiger charge is 2.26. The molecule has 9 heteroatoms. The molecule has 0 atom stereocenters. The molecule has 0 unspecified atom stereocenters. The van der Waals surface area contributed by atoms with Crippen LogP contribution in [0.3, 0.4) is 0 Å². The molecule has 1 rings (SSSR count). The third-order valence-electron chi connectivity index (χ3n) is 2.56. The Morgan fingerprint density at radius 2 is 1.52 bits per heavy atom. The summed E-state index contributed by atoms with van der Waals surface area (Å²) < 4.78 is 52.3. The van der Waals surface area contributed by atoms with Crippen molar-refractivity contribution in [1.82, 2.24) is 0 Å². The predicted molar refractivity (Wildman–Crippen MR) is 97.0 cm³/mol. The number of benzene rings is 1. The smallest absolute Gasteiger partial charge is 0.285 e. The van der Waals surface area contributed by atoms with Gasteiger partial charge in [-0.1, -0.05) is 17.7 Å². The summed E-state index contributed by atoms with van der Waals surface area (Å²) in [6.45, 7) is 5.69. The molecule has 0 heterocycles. The lowest BCUT2D eigenvalue weighted by atomic mass is 10.2. The Morgan fingerprint density at radius 3 is 1.91 bits per heavy atom. The van der Waals surface area contributed by atoms with Gasteiger partial charge < -0.3 is 9.05 Å². The zero-order valence-electron chi connectivity index (χ0n) is 14.1. The van der Waals surface area contributed by atoms with E-state index >= 15 is 0 Å². The molecule has 0 N–H and O–H groups in total. The van der Waals surface area contributed by atoms with Crippen LogP contribution in [0.4, 0.5) is 0 Å². The van der Waals surface area contributed by atoms with Crippen LogP contribution in [-0.4, -0.2) is 43.5 Å². The molecule has 0 saturated carbocycles. The summed E-state index contributed by atoms with van der Waals surface area (Å²) >= 11 is 0. The number of nitrogens with zero attached hydrogens (tertiary/aromatic N) is 1. The predicted octanol–water partition coefficient (Wildman–Crippen LogP) is 3.09. The van der Waals surface area contributed by atoms with E-state index in [4.69, 9.17) is 9.05 Å². The molecular weight excluding hydrogens is 357 g/mol. The molecule has 0 spiro atoms. The van der Waals surface area contributed by atoms with Crippen molar-refractivity contribution in [2.75, 3.05) is 25.7 Å². The van der Waals surface area contributed by atoms with E-state index in [1.54, 1.807) is 26.0 Å². The van der Waals surface area contributed by atoms with Gasteiger partial charge in [0.05, 0.1) is 23.2 Å². The standard InChI is InChI=1S/C14H24NO5PS2/c1-6-19-21(20-7-2,12-22(4,5)16)15-23(17,18)14-10-8-13(3)9-11-14/h8-12H,6-7H2,1-5H3. The second-order valence-electron chi connectivity index (χ2n) is 5.18. The lowest BCUT2D eigenvalue weighted by Crippen LogP contribution is -2.07. The van der Waals surface area contributed by atoms with Crippen LogP contribution in [-0.2, 0) is 28.6 Å². The van der Waals surface area contributed by atoms with Gasteiger partial charge in [0.25, 0.3) is 17.5 Å². The maximum absolute atomic E-state index is 12.6. The maximum atomic E-state index is 12.6. The SMILES string of the molecule is CCOP(C=S(C)(C)=O)(=NS(=O)(=O)c1ccc(C)cc1)OCC. The van der Waals surface area contributed by atoms with Crippen molar-refractivity contribution in [2.24, 2.45) is 4.15 Å². The Labute approximate surface area is 139 Å². The van der Waals surface area contributed by atoms with Crippen LogP contribution in [0.15, 0.2) is 33.3 Å². The molecule has 1 aromatic carbocycles. The summed E-state index contributed by atoms with van der Waals surface area (Å²) in [4.78, 5) is 0.0546. The van der Waals surface area contributed by atoms with Crippen molar-refractivity contribution in [3.63, 3.8) is 0 Å². The van der Waals surface area contributed by atoms with E-state index in [-0.39, 0.29) is 18.1 Å². The zero-order chi connectivity index (χ0) is 17.7. The van der Waals surface area contributed by atoms with E-state index in [2.05, 4.69) is 4.15 Å². The van der Waals surface area contributed by atoms with Gasteiger partial charge in [-0.25, -0.2) is 0 Å². The van der Waals surface area contributed by atoms with Crippen molar-refractivity contribution in [2.45, 2.75) is 25.7 Å². The molecule has 0 saturated heterocycles. The molecule has 0 aliphatic rings. The Morgan fingerprint density at radius 1 is 1.04 bits per heavy atom. The highest BCUT2D eigenvalue weighted by molar-refractivity contribution is 8.10. The number of sulfonamides is 1. The molecule has 0 aliphatic carbocycles. The molecule has 132 valence electrons. The average molecular weight is 381 g/mol. The van der Waals surface area contributed by atoms with Crippen molar-refractivity contribution >= 4 is 32.2 Å². The number of hydrogen-bond acceptors (Lipinski definition) is 5. The van der Waals surface area contributed by atoms with Crippen LogP contribution in [0.5, 0.6) is 0 Å². The fraction of sp³-hybridized carbons (Fsp3) is 0.500. The first kappa shape index (κ1) is 20.4. The summed E-state index contributed by atoms with van der Waals surface area (Å²) in [6, 6.07) is 6.35. The van der Waals surface area contributed by atoms with Gasteiger partial charge >= 0.3 is 0 Å². The Bertz CT molecular complexity index is 788. The quantitative estimate of drug-likeness (QED) is 0.535. The molecule has 0 radical (unpaired) electrons. The van der Waals surface area contributed by atoms with E-state index in [0.717, 1.165) is 5.56 Å². The molecule has 0 amide bonds. The highest BCUT2D eigenvalue weighted by Crippen LogP contribution is 2.51. The van der Waals surface area contributed by atoms with Gasteiger partial charge in [0.2, 0.25) is 0 Å². The molecule has 23 heavy (non-hydrogen) atoms. The molecule has 0 aromatic heterocycles. The van der Waals surface area contributed by atoms with E-state index in [0.29, 0.717) is 0 Å². The second kappa shape index (κ2) is 7.94. The number of rotatable bonds is 7. The Balaban J connectivity index is 3.60. The average Bonchev–Trinajstić information content (AvgIpc) is 2.36. The lowest BCUT2D eigenvalue weighted by Gasteiger charge is -2.20. The third-order valence-corrected chi connectivity index (χ3v) is 9.55. The van der Waals surface area contributed by atoms with E-state index < -0.39 is 27.1 Å². The van der Waals surface area contributed by atoms with Crippen LogP contribution < -0.4 is 0 Å². The van der Waals surface area contributed by atoms with Crippen molar-refractivity contribution in [3.05, 3.63) is 29.8 Å². The summed E-state index contributed by atoms with van der Waals surface area (Å²) in [6.07, 6.45) is 2.99. The summed E-state index contributed by atoms with van der Waals surface area (Å²) in [7, 11) is -9.69. The van der Waals surface area contributed by atoms with Crippen LogP contribution in [0, 0.1) is 6.92 Å². The monoisotopic (exact) mass is 381 g/mol. The first-order valence-electron chi connectivity index (χ1n) is 7.08. The van der Waals surface area contributed by atoms with Gasteiger partial charge in [0.15, 0.2) is 0 Å². The molecular formula is C14H24NO5PS2. The summed E-state index contributed by atoms with van der Waals surface area (Å²) in [5.74, 6) is 0. The first-order chi connectivity index (χ1) is 10.5. The van der Waals surface area contributed by atoms with Gasteiger partial charge in [-0.2, -0.15) is 8.42 Å². The molecule has 6 nitrogen and oxygen atoms in total. The van der Waals surface area contributed by atoms with E-state index in [1.165, 1.54) is 29.8 Å². The van der Waals surface area contributed by atoms with Crippen molar-refractivity contribution < 1.29 is 21.7 Å². The van der Waals surface area contributed by atoms with Crippen molar-refractivity contribution in [3.8, 4) is 0 Å². The van der Waals surface area contributed by atoms with Gasteiger partial charge in [-0.15, -0.1) is 4.15 Å². The lowest BCUT2D eigenvalue weighted by molar-refractivity contribution is 0.271. The van der Waals surface area contributed by atoms with Crippen LogP contribution >= 0.6 is 7.51 Å². The molecule has 0 bridgehead atoms. The Kier molecular flexibility index (Phi) is 7.04. The number of aryl methyl sites for hydroxylation is 1. The van der Waals surface area contributed by atoms with Gasteiger partial charge in [-0.3, -0.25) is 4.21 Å². The highest BCUT2D eigenvalue weighted by atomic mass is 32.2. The molecule has 1 aromatic rings. The first-order valence-corrected chi connectivity index (χ1v) is 12.6. The van der Waals surface area contributed by atoms with Crippen molar-refractivity contribution in [1.29, 1.82) is 0 Å². The normalized spacial score (nSPS) is 12.9. The topological polar surface area (TPSA) is 82.0 Å². The zero-order valence-corrected chi connectivity index (χ0v) is 16.6. The van der Waals surface area contributed by atoms with Crippen LogP contribution in [0.2, 0.25) is 0 Å². The van der Waals surface area contributed by atoms with E-state index in [1.807, 2.05) is 6.92 Å². The number of hydrogen-bond donors (Lipinski definition) is 0. The second-order valence-corrected chi connectivity index (χ2v) is 12.4. The summed E-state index contributed by atoms with van der Waals surface area (Å²) in [5.41, 5.74) is 0.941. The Hall–Kier alpha value is -0.660. The van der Waals surface area contributed by atoms with Gasteiger partial charge in [-0.05, 0) is 42.4 Å². The minimum atomic E-state index is -3.98. The minimum Gasteiger partial charge on any atom is -0.320 e. The van der Waals surface area contributed by atoms with Gasteiger partial charge in [0.1, 0.15) is 0 Å². The maximum Gasteiger partial charge on any atom is 0.285 e. The third kappa shape index (κ3) is 6.39. The van der Waals surface area contributed by atoms with Crippen LogP contribution in [0.1, 0.15) is 19.4 Å². The van der Waals surface area contributed by atoms with Gasteiger partial charge in [0, 0.05) is 12.5 Å². The minimum absolute atomic E-state index is 0.0546. The van der Waals surface area contributed by atoms with E-state index in [9.17, 15) is 12.6 Å². The largest absolute Gasteiger partial charge is 0.320 e. The molecule has 0 fully saturated rings.